The van der Waals surface area contributed by atoms with Crippen molar-refractivity contribution in [3.63, 3.8) is 0 Å². The number of guanidine groups is 1. The second kappa shape index (κ2) is 11.3. The van der Waals surface area contributed by atoms with Gasteiger partial charge in [0.15, 0.2) is 17.5 Å². The molecule has 28 heavy (non-hydrogen) atoms. The zero-order valence-electron chi connectivity index (χ0n) is 17.3. The minimum Gasteiger partial charge on any atom is -0.493 e. The minimum absolute atomic E-state index is 0.227. The first kappa shape index (κ1) is 21.7. The molecule has 1 amide bonds. The Morgan fingerprint density at radius 1 is 1.18 bits per heavy atom. The average molecular weight is 393 g/mol. The summed E-state index contributed by atoms with van der Waals surface area (Å²) in [4.78, 5) is 18.3. The van der Waals surface area contributed by atoms with E-state index in [-0.39, 0.29) is 12.1 Å². The molecular formula is C20H32N4O4. The zero-order valence-corrected chi connectivity index (χ0v) is 17.3. The van der Waals surface area contributed by atoms with Crippen LogP contribution in [0, 0.1) is 0 Å². The average Bonchev–Trinajstić information content (AvgIpc) is 2.72. The van der Waals surface area contributed by atoms with Crippen molar-refractivity contribution in [2.24, 2.45) is 4.99 Å². The Hall–Kier alpha value is -2.64. The van der Waals surface area contributed by atoms with Gasteiger partial charge in [0.05, 0.1) is 27.4 Å². The van der Waals surface area contributed by atoms with E-state index >= 15 is 0 Å². The number of rotatable bonds is 7. The van der Waals surface area contributed by atoms with Gasteiger partial charge in [0.2, 0.25) is 0 Å². The maximum absolute atomic E-state index is 11.8. The van der Waals surface area contributed by atoms with Gasteiger partial charge in [-0.25, -0.2) is 9.79 Å². The number of ether oxygens (including phenoxy) is 3. The Balaban J connectivity index is 1.93. The van der Waals surface area contributed by atoms with Crippen LogP contribution in [0.5, 0.6) is 11.5 Å². The largest absolute Gasteiger partial charge is 0.493 e. The van der Waals surface area contributed by atoms with Gasteiger partial charge in [-0.05, 0) is 44.4 Å². The number of hydrogen-bond donors (Lipinski definition) is 2. The normalized spacial score (nSPS) is 15.1. The van der Waals surface area contributed by atoms with E-state index in [9.17, 15) is 4.79 Å². The number of nitrogens with one attached hydrogen (secondary N) is 2. The van der Waals surface area contributed by atoms with Crippen LogP contribution in [0.3, 0.4) is 0 Å². The molecule has 0 unspecified atom stereocenters. The molecule has 0 aromatic heterocycles. The van der Waals surface area contributed by atoms with Crippen molar-refractivity contribution in [1.29, 1.82) is 0 Å². The molecule has 1 aliphatic rings. The molecular weight excluding hydrogens is 360 g/mol. The fourth-order valence-electron chi connectivity index (χ4n) is 3.08. The lowest BCUT2D eigenvalue weighted by atomic mass is 10.1. The molecule has 2 rings (SSSR count). The Morgan fingerprint density at radius 3 is 2.50 bits per heavy atom. The molecule has 1 fully saturated rings. The van der Waals surface area contributed by atoms with Gasteiger partial charge < -0.3 is 29.7 Å². The number of benzene rings is 1. The predicted octanol–water partition coefficient (Wildman–Crippen LogP) is 2.38. The maximum Gasteiger partial charge on any atom is 0.409 e. The van der Waals surface area contributed by atoms with E-state index < -0.39 is 0 Å². The van der Waals surface area contributed by atoms with Crippen molar-refractivity contribution in [3.8, 4) is 11.5 Å². The summed E-state index contributed by atoms with van der Waals surface area (Å²) in [5.74, 6) is 2.17. The van der Waals surface area contributed by atoms with Crippen LogP contribution in [-0.4, -0.2) is 63.5 Å². The van der Waals surface area contributed by atoms with Crippen LogP contribution in [0.2, 0.25) is 0 Å². The lowest BCUT2D eigenvalue weighted by Gasteiger charge is -2.32. The SMILES string of the molecule is CCNC(=NCc1ccc(OC)c(OC)c1)NC1CCN(C(=O)OCC)CC1. The Kier molecular flexibility index (Phi) is 8.71. The smallest absolute Gasteiger partial charge is 0.409 e. The summed E-state index contributed by atoms with van der Waals surface area (Å²) in [6.45, 7) is 6.94. The third-order valence-electron chi connectivity index (χ3n) is 4.57. The number of likely N-dealkylation sites (tertiary alicyclic amines) is 1. The third kappa shape index (κ3) is 6.21. The van der Waals surface area contributed by atoms with Gasteiger partial charge in [-0.2, -0.15) is 0 Å². The molecule has 0 saturated carbocycles. The molecule has 1 aromatic rings. The number of piperidine rings is 1. The number of aliphatic imine (C=N–C) groups is 1. The molecule has 1 saturated heterocycles. The second-order valence-corrected chi connectivity index (χ2v) is 6.49. The minimum atomic E-state index is -0.227. The molecule has 1 heterocycles. The lowest BCUT2D eigenvalue weighted by Crippen LogP contribution is -2.49. The Labute approximate surface area is 167 Å². The van der Waals surface area contributed by atoms with Crippen LogP contribution in [0.25, 0.3) is 0 Å². The number of methoxy groups -OCH3 is 2. The standard InChI is InChI=1S/C20H32N4O4/c1-5-21-19(22-14-15-7-8-17(26-3)18(13-15)27-4)23-16-9-11-24(12-10-16)20(25)28-6-2/h7-8,13,16H,5-6,9-12,14H2,1-4H3,(H2,21,22,23). The van der Waals surface area contributed by atoms with Crippen molar-refractivity contribution in [3.05, 3.63) is 23.8 Å². The predicted molar refractivity (Wildman–Crippen MR) is 109 cm³/mol. The van der Waals surface area contributed by atoms with Crippen molar-refractivity contribution in [1.82, 2.24) is 15.5 Å². The first-order valence-electron chi connectivity index (χ1n) is 9.78. The second-order valence-electron chi connectivity index (χ2n) is 6.49. The van der Waals surface area contributed by atoms with E-state index in [4.69, 9.17) is 14.2 Å². The van der Waals surface area contributed by atoms with Crippen LogP contribution in [0.1, 0.15) is 32.3 Å². The van der Waals surface area contributed by atoms with Gasteiger partial charge in [-0.15, -0.1) is 0 Å². The van der Waals surface area contributed by atoms with E-state index in [2.05, 4.69) is 15.6 Å². The van der Waals surface area contributed by atoms with E-state index in [0.29, 0.717) is 37.7 Å². The molecule has 8 heteroatoms. The molecule has 0 atom stereocenters. The van der Waals surface area contributed by atoms with Gasteiger partial charge in [-0.3, -0.25) is 0 Å². The molecule has 156 valence electrons. The van der Waals surface area contributed by atoms with E-state index in [1.54, 1.807) is 19.1 Å². The fourth-order valence-corrected chi connectivity index (χ4v) is 3.08. The quantitative estimate of drug-likeness (QED) is 0.548. The molecule has 0 spiro atoms. The highest BCUT2D eigenvalue weighted by molar-refractivity contribution is 5.80. The van der Waals surface area contributed by atoms with Crippen LogP contribution < -0.4 is 20.1 Å². The molecule has 1 aliphatic heterocycles. The first-order valence-corrected chi connectivity index (χ1v) is 9.78. The van der Waals surface area contributed by atoms with Crippen LogP contribution in [-0.2, 0) is 11.3 Å². The fraction of sp³-hybridized carbons (Fsp3) is 0.600. The number of hydrogen-bond acceptors (Lipinski definition) is 5. The summed E-state index contributed by atoms with van der Waals surface area (Å²) in [5.41, 5.74) is 1.03. The highest BCUT2D eigenvalue weighted by atomic mass is 16.6. The van der Waals surface area contributed by atoms with Crippen LogP contribution >= 0.6 is 0 Å². The monoisotopic (exact) mass is 392 g/mol. The van der Waals surface area contributed by atoms with Gasteiger partial charge in [0.1, 0.15) is 0 Å². The number of carbonyl (C=O) groups is 1. The van der Waals surface area contributed by atoms with E-state index in [1.165, 1.54) is 0 Å². The Bertz CT molecular complexity index is 658. The van der Waals surface area contributed by atoms with Crippen LogP contribution in [0.15, 0.2) is 23.2 Å². The number of amides is 1. The summed E-state index contributed by atoms with van der Waals surface area (Å²) < 4.78 is 15.7. The lowest BCUT2D eigenvalue weighted by molar-refractivity contribution is 0.0963. The molecule has 0 radical (unpaired) electrons. The van der Waals surface area contributed by atoms with Gasteiger partial charge in [-0.1, -0.05) is 6.07 Å². The van der Waals surface area contributed by atoms with Crippen LogP contribution in [0.4, 0.5) is 4.79 Å². The number of nitrogens with zero attached hydrogens (tertiary/aromatic N) is 2. The molecule has 2 N–H and O–H groups in total. The van der Waals surface area contributed by atoms with E-state index in [1.807, 2.05) is 32.0 Å². The highest BCUT2D eigenvalue weighted by Crippen LogP contribution is 2.27. The summed E-state index contributed by atoms with van der Waals surface area (Å²) >= 11 is 0. The van der Waals surface area contributed by atoms with Gasteiger partial charge >= 0.3 is 6.09 Å². The highest BCUT2D eigenvalue weighted by Gasteiger charge is 2.24. The molecule has 1 aromatic carbocycles. The molecule has 8 nitrogen and oxygen atoms in total. The van der Waals surface area contributed by atoms with Gasteiger partial charge in [0, 0.05) is 25.7 Å². The summed E-state index contributed by atoms with van der Waals surface area (Å²) in [6, 6.07) is 6.07. The van der Waals surface area contributed by atoms with Crippen molar-refractivity contribution in [2.45, 2.75) is 39.3 Å². The third-order valence-corrected chi connectivity index (χ3v) is 4.57. The van der Waals surface area contributed by atoms with E-state index in [0.717, 1.165) is 30.9 Å². The van der Waals surface area contributed by atoms with Crippen molar-refractivity contribution >= 4 is 12.1 Å². The van der Waals surface area contributed by atoms with Crippen molar-refractivity contribution < 1.29 is 19.0 Å². The maximum atomic E-state index is 11.8. The topological polar surface area (TPSA) is 84.4 Å². The molecule has 0 bridgehead atoms. The summed E-state index contributed by atoms with van der Waals surface area (Å²) in [7, 11) is 3.25. The van der Waals surface area contributed by atoms with Gasteiger partial charge in [0.25, 0.3) is 0 Å². The number of carbonyl (C=O) groups excluding carboxylic acids is 1. The Morgan fingerprint density at radius 2 is 1.89 bits per heavy atom. The summed E-state index contributed by atoms with van der Waals surface area (Å²) in [6.07, 6.45) is 1.49. The molecule has 0 aliphatic carbocycles. The zero-order chi connectivity index (χ0) is 20.4. The summed E-state index contributed by atoms with van der Waals surface area (Å²) in [5, 5.41) is 6.76. The van der Waals surface area contributed by atoms with Crippen molar-refractivity contribution in [2.75, 3.05) is 40.5 Å². The first-order chi connectivity index (χ1) is 13.6.